The number of hydrogen-bond acceptors (Lipinski definition) is 3. The monoisotopic (exact) mass is 445 g/mol. The molecule has 0 spiro atoms. The largest absolute Gasteiger partial charge is 0.487 e. The number of nitrogens with one attached hydrogen (secondary N) is 1. The van der Waals surface area contributed by atoms with Crippen molar-refractivity contribution in [2.75, 3.05) is 6.61 Å². The van der Waals surface area contributed by atoms with Crippen molar-refractivity contribution in [3.8, 4) is 11.5 Å². The minimum absolute atomic E-state index is 0.00864. The molecule has 1 aliphatic rings. The summed E-state index contributed by atoms with van der Waals surface area (Å²) in [5.74, 6) is 1.45. The minimum atomic E-state index is -0.243. The van der Waals surface area contributed by atoms with Crippen molar-refractivity contribution in [2.24, 2.45) is 0 Å². The molecule has 2 aromatic carbocycles. The van der Waals surface area contributed by atoms with Gasteiger partial charge in [0, 0.05) is 16.5 Å². The van der Waals surface area contributed by atoms with Gasteiger partial charge < -0.3 is 14.8 Å². The number of hydrogen-bond donors (Lipinski definition) is 1. The Bertz CT molecular complexity index is 838. The van der Waals surface area contributed by atoms with E-state index in [1.807, 2.05) is 50.2 Å². The number of fused-ring (bicyclic) bond motifs is 1. The fraction of sp³-hybridized carbons (Fsp3) is 0.435. The maximum Gasteiger partial charge on any atom is 0.258 e. The topological polar surface area (TPSA) is 47.6 Å². The summed E-state index contributed by atoms with van der Waals surface area (Å²) >= 11 is 3.55. The fourth-order valence-corrected chi connectivity index (χ4v) is 4.03. The van der Waals surface area contributed by atoms with Crippen molar-refractivity contribution in [1.82, 2.24) is 5.32 Å². The van der Waals surface area contributed by atoms with E-state index in [1.54, 1.807) is 0 Å². The molecule has 0 radical (unpaired) electrons. The Morgan fingerprint density at radius 3 is 2.50 bits per heavy atom. The second kappa shape index (κ2) is 8.56. The van der Waals surface area contributed by atoms with Gasteiger partial charge in [-0.1, -0.05) is 48.0 Å². The van der Waals surface area contributed by atoms with Crippen LogP contribution < -0.4 is 14.8 Å². The Balaban J connectivity index is 1.71. The van der Waals surface area contributed by atoms with Gasteiger partial charge in [-0.25, -0.2) is 0 Å². The molecule has 1 aliphatic heterocycles. The van der Waals surface area contributed by atoms with Gasteiger partial charge in [-0.3, -0.25) is 4.79 Å². The summed E-state index contributed by atoms with van der Waals surface area (Å²) < 4.78 is 13.1. The lowest BCUT2D eigenvalue weighted by Gasteiger charge is -2.41. The quantitative estimate of drug-likeness (QED) is 0.625. The summed E-state index contributed by atoms with van der Waals surface area (Å²) in [5, 5.41) is 3.16. The van der Waals surface area contributed by atoms with Gasteiger partial charge in [0.2, 0.25) is 0 Å². The van der Waals surface area contributed by atoms with E-state index in [4.69, 9.17) is 9.47 Å². The van der Waals surface area contributed by atoms with Crippen molar-refractivity contribution in [3.63, 3.8) is 0 Å². The van der Waals surface area contributed by atoms with Crippen molar-refractivity contribution in [3.05, 3.63) is 57.6 Å². The van der Waals surface area contributed by atoms with Crippen molar-refractivity contribution < 1.29 is 14.3 Å². The van der Waals surface area contributed by atoms with Crippen LogP contribution in [0.2, 0.25) is 0 Å². The highest BCUT2D eigenvalue weighted by molar-refractivity contribution is 9.10. The third kappa shape index (κ3) is 4.35. The van der Waals surface area contributed by atoms with Gasteiger partial charge in [-0.05, 0) is 56.0 Å². The Morgan fingerprint density at radius 1 is 1.21 bits per heavy atom. The predicted molar refractivity (Wildman–Crippen MR) is 115 cm³/mol. The van der Waals surface area contributed by atoms with E-state index < -0.39 is 0 Å². The van der Waals surface area contributed by atoms with Crippen LogP contribution >= 0.6 is 15.9 Å². The molecule has 150 valence electrons. The molecule has 1 amide bonds. The van der Waals surface area contributed by atoms with Crippen LogP contribution in [0.4, 0.5) is 0 Å². The van der Waals surface area contributed by atoms with E-state index in [2.05, 4.69) is 35.1 Å². The molecule has 1 atom stereocenters. The van der Waals surface area contributed by atoms with E-state index in [0.717, 1.165) is 46.2 Å². The van der Waals surface area contributed by atoms with Crippen LogP contribution in [0.15, 0.2) is 40.9 Å². The summed E-state index contributed by atoms with van der Waals surface area (Å²) in [7, 11) is 0. The van der Waals surface area contributed by atoms with E-state index in [1.165, 1.54) is 0 Å². The summed E-state index contributed by atoms with van der Waals surface area (Å²) in [6, 6.07) is 11.8. The van der Waals surface area contributed by atoms with Crippen LogP contribution in [0.25, 0.3) is 0 Å². The number of para-hydroxylation sites is 1. The summed E-state index contributed by atoms with van der Waals surface area (Å²) in [6.45, 7) is 8.29. The van der Waals surface area contributed by atoms with Crippen LogP contribution in [0.5, 0.6) is 11.5 Å². The van der Waals surface area contributed by atoms with Gasteiger partial charge in [0.15, 0.2) is 6.61 Å². The number of carbonyl (C=O) groups is 1. The first-order valence-electron chi connectivity index (χ1n) is 9.84. The molecule has 0 saturated heterocycles. The van der Waals surface area contributed by atoms with Crippen molar-refractivity contribution in [1.29, 1.82) is 0 Å². The normalized spacial score (nSPS) is 17.4. The third-order valence-corrected chi connectivity index (χ3v) is 6.85. The lowest BCUT2D eigenvalue weighted by atomic mass is 9.83. The zero-order valence-electron chi connectivity index (χ0n) is 17.0. The molecular formula is C23H28BrNO3. The molecule has 0 fully saturated rings. The number of rotatable bonds is 6. The standard InChI is InChI=1S/C23H28BrNO3/c1-5-23(6-2)13-19(18-9-7-8-10-20(18)28-23)25-21(26)14-27-17-11-15(3)22(24)16(4)12-17/h7-12,19H,5-6,13-14H2,1-4H3,(H,25,26)/t19-/m1/s1. The first-order valence-corrected chi connectivity index (χ1v) is 10.6. The Labute approximate surface area is 175 Å². The Hall–Kier alpha value is -2.01. The smallest absolute Gasteiger partial charge is 0.258 e. The SMILES string of the molecule is CCC1(CC)C[C@@H](NC(=O)COc2cc(C)c(Br)c(C)c2)c2ccccc2O1. The molecule has 1 heterocycles. The van der Waals surface area contributed by atoms with Gasteiger partial charge in [-0.2, -0.15) is 0 Å². The first kappa shape index (κ1) is 20.7. The molecular weight excluding hydrogens is 418 g/mol. The molecule has 4 nitrogen and oxygen atoms in total. The van der Waals surface area contributed by atoms with Crippen molar-refractivity contribution >= 4 is 21.8 Å². The van der Waals surface area contributed by atoms with Crippen LogP contribution in [-0.2, 0) is 4.79 Å². The van der Waals surface area contributed by atoms with Crippen LogP contribution in [-0.4, -0.2) is 18.1 Å². The lowest BCUT2D eigenvalue weighted by Crippen LogP contribution is -2.45. The van der Waals surface area contributed by atoms with Gasteiger partial charge in [0.05, 0.1) is 6.04 Å². The number of ether oxygens (including phenoxy) is 2. The average Bonchev–Trinajstić information content (AvgIpc) is 2.70. The van der Waals surface area contributed by atoms with Gasteiger partial charge in [0.1, 0.15) is 17.1 Å². The highest BCUT2D eigenvalue weighted by Gasteiger charge is 2.38. The molecule has 1 N–H and O–H groups in total. The molecule has 2 aromatic rings. The third-order valence-electron chi connectivity index (χ3n) is 5.60. The summed E-state index contributed by atoms with van der Waals surface area (Å²) in [6.07, 6.45) is 2.57. The minimum Gasteiger partial charge on any atom is -0.487 e. The highest BCUT2D eigenvalue weighted by atomic mass is 79.9. The maximum atomic E-state index is 12.6. The van der Waals surface area contributed by atoms with Gasteiger partial charge >= 0.3 is 0 Å². The molecule has 28 heavy (non-hydrogen) atoms. The fourth-order valence-electron chi connectivity index (χ4n) is 3.80. The molecule has 3 rings (SSSR count). The van der Waals surface area contributed by atoms with E-state index >= 15 is 0 Å². The predicted octanol–water partition coefficient (Wildman–Crippen LogP) is 5.64. The molecule has 0 bridgehead atoms. The van der Waals surface area contributed by atoms with Crippen LogP contribution in [0.1, 0.15) is 55.8 Å². The zero-order chi connectivity index (χ0) is 20.3. The zero-order valence-corrected chi connectivity index (χ0v) is 18.6. The van der Waals surface area contributed by atoms with Gasteiger partial charge in [-0.15, -0.1) is 0 Å². The van der Waals surface area contributed by atoms with Crippen LogP contribution in [0.3, 0.4) is 0 Å². The van der Waals surface area contributed by atoms with E-state index in [0.29, 0.717) is 5.75 Å². The average molecular weight is 446 g/mol. The Morgan fingerprint density at radius 2 is 1.86 bits per heavy atom. The van der Waals surface area contributed by atoms with Gasteiger partial charge in [0.25, 0.3) is 5.91 Å². The molecule has 0 saturated carbocycles. The molecule has 5 heteroatoms. The maximum absolute atomic E-state index is 12.6. The molecule has 0 aromatic heterocycles. The molecule has 0 aliphatic carbocycles. The molecule has 0 unspecified atom stereocenters. The number of benzene rings is 2. The summed E-state index contributed by atoms with van der Waals surface area (Å²) in [5.41, 5.74) is 2.96. The number of amides is 1. The number of aryl methyl sites for hydroxylation is 2. The van der Waals surface area contributed by atoms with E-state index in [9.17, 15) is 4.79 Å². The van der Waals surface area contributed by atoms with Crippen LogP contribution in [0, 0.1) is 13.8 Å². The summed E-state index contributed by atoms with van der Waals surface area (Å²) in [4.78, 5) is 12.6. The Kier molecular flexibility index (Phi) is 6.33. The van der Waals surface area contributed by atoms with E-state index in [-0.39, 0.29) is 24.2 Å². The van der Waals surface area contributed by atoms with Crippen molar-refractivity contribution in [2.45, 2.75) is 58.6 Å². The lowest BCUT2D eigenvalue weighted by molar-refractivity contribution is -0.124. The number of carbonyl (C=O) groups excluding carboxylic acids is 1. The highest BCUT2D eigenvalue weighted by Crippen LogP contribution is 2.42. The second-order valence-electron chi connectivity index (χ2n) is 7.51. The number of halogens is 1. The second-order valence-corrected chi connectivity index (χ2v) is 8.31. The first-order chi connectivity index (χ1) is 13.4.